The average molecular weight is 435 g/mol. The van der Waals surface area contributed by atoms with E-state index in [0.717, 1.165) is 11.1 Å². The van der Waals surface area contributed by atoms with Crippen LogP contribution in [0.2, 0.25) is 0 Å². The van der Waals surface area contributed by atoms with Gasteiger partial charge in [-0.1, -0.05) is 18.6 Å². The van der Waals surface area contributed by atoms with E-state index in [4.69, 9.17) is 5.73 Å². The molecule has 2 N–H and O–H groups in total. The Kier molecular flexibility index (Phi) is 6.57. The first-order valence-electron chi connectivity index (χ1n) is 9.57. The molecule has 3 rings (SSSR count). The van der Waals surface area contributed by atoms with Crippen LogP contribution in [-0.2, 0) is 25.6 Å². The summed E-state index contributed by atoms with van der Waals surface area (Å²) >= 11 is 0. The van der Waals surface area contributed by atoms with Crippen molar-refractivity contribution >= 4 is 23.5 Å². The quantitative estimate of drug-likeness (QED) is 0.728. The maximum atomic E-state index is 13.0. The van der Waals surface area contributed by atoms with Crippen molar-refractivity contribution in [3.8, 4) is 0 Å². The van der Waals surface area contributed by atoms with Crippen LogP contribution >= 0.6 is 0 Å². The lowest BCUT2D eigenvalue weighted by atomic mass is 9.94. The first-order chi connectivity index (χ1) is 14.7. The standard InChI is InChI=1S/C21H20F3N3O4/c22-21(23,24)20(30)31-27(19(29)17-3-1-2-16(17)18(25)28)15-6-4-13(5-7-15)12-14-8-10-26-11-9-14/h4-11,16-17H,1-3,12H2,(H2,25,28). The van der Waals surface area contributed by atoms with Gasteiger partial charge in [-0.15, -0.1) is 5.06 Å². The minimum atomic E-state index is -5.29. The molecule has 164 valence electrons. The number of hydrogen-bond donors (Lipinski definition) is 1. The van der Waals surface area contributed by atoms with Crippen LogP contribution < -0.4 is 10.8 Å². The summed E-state index contributed by atoms with van der Waals surface area (Å²) in [6.07, 6.45) is -0.376. The highest BCUT2D eigenvalue weighted by molar-refractivity contribution is 5.98. The van der Waals surface area contributed by atoms with Gasteiger partial charge in [0.15, 0.2) is 0 Å². The van der Waals surface area contributed by atoms with Crippen LogP contribution in [0.3, 0.4) is 0 Å². The predicted molar refractivity (Wildman–Crippen MR) is 103 cm³/mol. The number of primary amides is 1. The minimum Gasteiger partial charge on any atom is -0.369 e. The molecule has 2 amide bonds. The molecule has 1 heterocycles. The molecule has 0 radical (unpaired) electrons. The van der Waals surface area contributed by atoms with Gasteiger partial charge < -0.3 is 10.6 Å². The third-order valence-electron chi connectivity index (χ3n) is 5.13. The van der Waals surface area contributed by atoms with Crippen LogP contribution in [0, 0.1) is 11.8 Å². The van der Waals surface area contributed by atoms with Gasteiger partial charge in [-0.2, -0.15) is 13.2 Å². The predicted octanol–water partition coefficient (Wildman–Crippen LogP) is 2.93. The molecule has 1 aromatic heterocycles. The smallest absolute Gasteiger partial charge is 0.369 e. The number of alkyl halides is 3. The van der Waals surface area contributed by atoms with E-state index in [0.29, 0.717) is 24.3 Å². The Morgan fingerprint density at radius 2 is 1.58 bits per heavy atom. The molecule has 2 unspecified atom stereocenters. The fraction of sp³-hybridized carbons (Fsp3) is 0.333. The molecule has 0 bridgehead atoms. The summed E-state index contributed by atoms with van der Waals surface area (Å²) in [6, 6.07) is 9.62. The van der Waals surface area contributed by atoms with Gasteiger partial charge in [0.05, 0.1) is 11.6 Å². The Labute approximate surface area is 176 Å². The summed E-state index contributed by atoms with van der Waals surface area (Å²) in [5.74, 6) is -5.96. The van der Waals surface area contributed by atoms with Crippen LogP contribution in [-0.4, -0.2) is 28.9 Å². The number of nitrogens with two attached hydrogens (primary N) is 1. The summed E-state index contributed by atoms with van der Waals surface area (Å²) in [5.41, 5.74) is 7.05. The molecular weight excluding hydrogens is 415 g/mol. The summed E-state index contributed by atoms with van der Waals surface area (Å²) in [4.78, 5) is 44.4. The van der Waals surface area contributed by atoms with Gasteiger partial charge in [0.2, 0.25) is 5.91 Å². The third kappa shape index (κ3) is 5.39. The highest BCUT2D eigenvalue weighted by Crippen LogP contribution is 2.35. The first kappa shape index (κ1) is 22.3. The average Bonchev–Trinajstić information content (AvgIpc) is 3.22. The maximum Gasteiger partial charge on any atom is 0.493 e. The first-order valence-corrected chi connectivity index (χ1v) is 9.57. The van der Waals surface area contributed by atoms with Gasteiger partial charge in [0.1, 0.15) is 0 Å². The molecule has 31 heavy (non-hydrogen) atoms. The molecule has 7 nitrogen and oxygen atoms in total. The number of hydrogen-bond acceptors (Lipinski definition) is 5. The lowest BCUT2D eigenvalue weighted by molar-refractivity contribution is -0.202. The van der Waals surface area contributed by atoms with Crippen LogP contribution in [0.25, 0.3) is 0 Å². The van der Waals surface area contributed by atoms with E-state index in [-0.39, 0.29) is 12.1 Å². The summed E-state index contributed by atoms with van der Waals surface area (Å²) in [6.45, 7) is 0. The number of benzene rings is 1. The molecule has 0 saturated heterocycles. The molecule has 1 aliphatic rings. The molecule has 2 atom stereocenters. The van der Waals surface area contributed by atoms with Gasteiger partial charge in [-0.3, -0.25) is 14.6 Å². The number of anilines is 1. The SMILES string of the molecule is NC(=O)C1CCCC1C(=O)N(OC(=O)C(F)(F)F)c1ccc(Cc2ccncc2)cc1. The van der Waals surface area contributed by atoms with Gasteiger partial charge in [0, 0.05) is 18.3 Å². The molecule has 1 aliphatic carbocycles. The van der Waals surface area contributed by atoms with E-state index in [1.807, 2.05) is 12.1 Å². The Balaban J connectivity index is 1.86. The van der Waals surface area contributed by atoms with E-state index >= 15 is 0 Å². The lowest BCUT2D eigenvalue weighted by Crippen LogP contribution is -2.44. The van der Waals surface area contributed by atoms with Crippen LogP contribution in [0.15, 0.2) is 48.8 Å². The van der Waals surface area contributed by atoms with Gasteiger partial charge in [-0.25, -0.2) is 4.79 Å². The lowest BCUT2D eigenvalue weighted by Gasteiger charge is -2.26. The number of aromatic nitrogens is 1. The maximum absolute atomic E-state index is 13.0. The van der Waals surface area contributed by atoms with Crippen LogP contribution in [0.1, 0.15) is 30.4 Å². The number of hydroxylamine groups is 1. The Morgan fingerprint density at radius 3 is 2.16 bits per heavy atom. The van der Waals surface area contributed by atoms with E-state index in [1.165, 1.54) is 12.1 Å². The normalized spacial score (nSPS) is 18.4. The Bertz CT molecular complexity index is 949. The van der Waals surface area contributed by atoms with Crippen molar-refractivity contribution in [2.75, 3.05) is 5.06 Å². The number of carbonyl (C=O) groups excluding carboxylic acids is 3. The van der Waals surface area contributed by atoms with Crippen molar-refractivity contribution in [3.05, 3.63) is 59.9 Å². The van der Waals surface area contributed by atoms with Crippen molar-refractivity contribution < 1.29 is 32.4 Å². The summed E-state index contributed by atoms with van der Waals surface area (Å²) in [7, 11) is 0. The van der Waals surface area contributed by atoms with E-state index in [9.17, 15) is 27.6 Å². The largest absolute Gasteiger partial charge is 0.493 e. The summed E-state index contributed by atoms with van der Waals surface area (Å²) < 4.78 is 38.4. The molecule has 2 aromatic rings. The Hall–Kier alpha value is -3.43. The number of pyridine rings is 1. The topological polar surface area (TPSA) is 103 Å². The van der Waals surface area contributed by atoms with Gasteiger partial charge >= 0.3 is 12.1 Å². The second kappa shape index (κ2) is 9.15. The van der Waals surface area contributed by atoms with Crippen molar-refractivity contribution in [1.82, 2.24) is 4.98 Å². The fourth-order valence-corrected chi connectivity index (χ4v) is 3.59. The minimum absolute atomic E-state index is 0.0591. The van der Waals surface area contributed by atoms with E-state index in [1.54, 1.807) is 24.5 Å². The molecule has 1 fully saturated rings. The molecular formula is C21H20F3N3O4. The van der Waals surface area contributed by atoms with Crippen molar-refractivity contribution in [2.24, 2.45) is 17.6 Å². The zero-order chi connectivity index (χ0) is 22.6. The molecule has 0 aliphatic heterocycles. The number of nitrogens with zero attached hydrogens (tertiary/aromatic N) is 2. The molecule has 1 saturated carbocycles. The van der Waals surface area contributed by atoms with Crippen molar-refractivity contribution in [2.45, 2.75) is 31.9 Å². The Morgan fingerprint density at radius 1 is 1.00 bits per heavy atom. The van der Waals surface area contributed by atoms with Crippen LogP contribution in [0.4, 0.5) is 18.9 Å². The highest BCUT2D eigenvalue weighted by atomic mass is 19.4. The zero-order valence-corrected chi connectivity index (χ0v) is 16.3. The number of amides is 2. The number of carbonyl (C=O) groups is 3. The van der Waals surface area contributed by atoms with E-state index < -0.39 is 35.8 Å². The fourth-order valence-electron chi connectivity index (χ4n) is 3.59. The van der Waals surface area contributed by atoms with E-state index in [2.05, 4.69) is 9.82 Å². The van der Waals surface area contributed by atoms with Crippen molar-refractivity contribution in [3.63, 3.8) is 0 Å². The van der Waals surface area contributed by atoms with Gasteiger partial charge in [0.25, 0.3) is 5.91 Å². The monoisotopic (exact) mass is 435 g/mol. The zero-order valence-electron chi connectivity index (χ0n) is 16.3. The second-order valence-electron chi connectivity index (χ2n) is 7.25. The third-order valence-corrected chi connectivity index (χ3v) is 5.13. The van der Waals surface area contributed by atoms with Crippen LogP contribution in [0.5, 0.6) is 0 Å². The molecule has 10 heteroatoms. The number of halogens is 3. The highest BCUT2D eigenvalue weighted by Gasteiger charge is 2.46. The second-order valence-corrected chi connectivity index (χ2v) is 7.25. The number of rotatable bonds is 5. The van der Waals surface area contributed by atoms with Crippen molar-refractivity contribution in [1.29, 1.82) is 0 Å². The molecule has 1 aromatic carbocycles. The van der Waals surface area contributed by atoms with Gasteiger partial charge in [-0.05, 0) is 54.7 Å². The summed E-state index contributed by atoms with van der Waals surface area (Å²) in [5, 5.41) is 0.317. The molecule has 0 spiro atoms.